The molecule has 8 heterocycles. The van der Waals surface area contributed by atoms with Crippen molar-refractivity contribution in [2.75, 3.05) is 50.7 Å². The Morgan fingerprint density at radius 1 is 0.790 bits per heavy atom. The topological polar surface area (TPSA) is 158 Å². The van der Waals surface area contributed by atoms with E-state index in [1.165, 1.54) is 63.2 Å². The van der Waals surface area contributed by atoms with Crippen LogP contribution in [0.1, 0.15) is 69.2 Å². The van der Waals surface area contributed by atoms with Gasteiger partial charge in [-0.2, -0.15) is 12.6 Å². The number of benzene rings is 2. The van der Waals surface area contributed by atoms with Crippen LogP contribution in [0, 0.1) is 11.6 Å². The van der Waals surface area contributed by atoms with Crippen LogP contribution in [-0.2, 0) is 25.9 Å². The van der Waals surface area contributed by atoms with Gasteiger partial charge < -0.3 is 25.4 Å². The van der Waals surface area contributed by atoms with Gasteiger partial charge in [0.1, 0.15) is 35.8 Å². The summed E-state index contributed by atoms with van der Waals surface area (Å²) in [5.41, 5.74) is 9.96. The van der Waals surface area contributed by atoms with Gasteiger partial charge in [0.25, 0.3) is 0 Å². The average Bonchev–Trinajstić information content (AvgIpc) is 4.10. The Morgan fingerprint density at radius 3 is 2.02 bits per heavy atom. The maximum absolute atomic E-state index is 14.1. The SMILES string of the molecule is C.C.C1CCC2=NCCCN2CC1.CS.CSc1ncc(Br)c2nncn12.Cl.Fc1ccc2c(c1CNc1ncc(Br)c3nncn13)CCO2.NCc1c(F)ccc2c1CCO2. The number of thiol groups is 1. The Bertz CT molecular complexity index is 2380. The predicted octanol–water partition coefficient (Wildman–Crippen LogP) is 9.31. The zero-order chi connectivity index (χ0) is 41.7. The van der Waals surface area contributed by atoms with Gasteiger partial charge in [-0.15, -0.1) is 32.8 Å². The van der Waals surface area contributed by atoms with Crippen LogP contribution < -0.4 is 20.5 Å². The molecule has 0 bridgehead atoms. The molecule has 0 radical (unpaired) electrons. The number of rotatable bonds is 5. The molecule has 0 atom stereocenters. The van der Waals surface area contributed by atoms with Gasteiger partial charge in [0.15, 0.2) is 16.5 Å². The molecule has 0 amide bonds. The first-order chi connectivity index (χ1) is 28.9. The van der Waals surface area contributed by atoms with Crippen LogP contribution in [0.4, 0.5) is 14.7 Å². The van der Waals surface area contributed by atoms with Crippen LogP contribution in [0.2, 0.25) is 0 Å². The minimum Gasteiger partial charge on any atom is -0.493 e. The highest BCUT2D eigenvalue weighted by Gasteiger charge is 2.21. The van der Waals surface area contributed by atoms with Crippen LogP contribution in [0.25, 0.3) is 11.3 Å². The lowest BCUT2D eigenvalue weighted by molar-refractivity contribution is 0.356. The van der Waals surface area contributed by atoms with E-state index >= 15 is 0 Å². The molecule has 10 rings (SSSR count). The molecule has 4 aliphatic rings. The minimum atomic E-state index is -0.242. The molecule has 0 aliphatic carbocycles. The van der Waals surface area contributed by atoms with E-state index in [2.05, 4.69) is 90.1 Å². The number of aromatic nitrogens is 8. The van der Waals surface area contributed by atoms with Crippen molar-refractivity contribution in [2.45, 2.75) is 78.0 Å². The number of thioether (sulfide) groups is 1. The molecule has 2 aromatic carbocycles. The van der Waals surface area contributed by atoms with E-state index in [0.717, 1.165) is 61.8 Å². The fraction of sp³-hybridized carbons (Fsp3) is 0.439. The summed E-state index contributed by atoms with van der Waals surface area (Å²) in [5.74, 6) is 3.04. The van der Waals surface area contributed by atoms with Gasteiger partial charge in [-0.3, -0.25) is 13.8 Å². The average molecular weight is 1050 g/mol. The van der Waals surface area contributed by atoms with Crippen molar-refractivity contribution in [3.05, 3.63) is 92.1 Å². The van der Waals surface area contributed by atoms with Gasteiger partial charge in [0.05, 0.1) is 28.0 Å². The number of ether oxygens (including phenoxy) is 2. The number of anilines is 1. The normalized spacial score (nSPS) is 14.1. The largest absolute Gasteiger partial charge is 0.493 e. The first-order valence-electron chi connectivity index (χ1n) is 19.1. The summed E-state index contributed by atoms with van der Waals surface area (Å²) in [6.45, 7) is 5.41. The van der Waals surface area contributed by atoms with Gasteiger partial charge in [-0.1, -0.05) is 33.0 Å². The van der Waals surface area contributed by atoms with Crippen LogP contribution in [0.15, 0.2) is 68.4 Å². The lowest BCUT2D eigenvalue weighted by Gasteiger charge is -2.27. The highest BCUT2D eigenvalue weighted by Crippen LogP contribution is 2.31. The van der Waals surface area contributed by atoms with Crippen molar-refractivity contribution in [3.8, 4) is 11.5 Å². The first-order valence-corrected chi connectivity index (χ1v) is 22.8. The summed E-state index contributed by atoms with van der Waals surface area (Å²) >= 11 is 11.8. The van der Waals surface area contributed by atoms with Crippen LogP contribution in [-0.4, -0.2) is 95.3 Å². The van der Waals surface area contributed by atoms with Crippen LogP contribution in [0.5, 0.6) is 11.5 Å². The van der Waals surface area contributed by atoms with Crippen molar-refractivity contribution in [2.24, 2.45) is 10.7 Å². The summed E-state index contributed by atoms with van der Waals surface area (Å²) in [6.07, 6.45) is 18.4. The molecule has 6 aromatic rings. The van der Waals surface area contributed by atoms with E-state index in [1.54, 1.807) is 59.6 Å². The molecule has 3 N–H and O–H groups in total. The highest BCUT2D eigenvalue weighted by atomic mass is 79.9. The van der Waals surface area contributed by atoms with E-state index < -0.39 is 0 Å². The Kier molecular flexibility index (Phi) is 22.1. The number of fused-ring (bicyclic) bond motifs is 5. The Hall–Kier alpha value is -3.82. The Balaban J connectivity index is 0.000000224. The zero-order valence-corrected chi connectivity index (χ0v) is 38.9. The fourth-order valence-electron chi connectivity index (χ4n) is 6.99. The molecule has 4 aromatic heterocycles. The number of nitrogens with two attached hydrogens (primary N) is 1. The lowest BCUT2D eigenvalue weighted by atomic mass is 10.0. The van der Waals surface area contributed by atoms with Gasteiger partial charge in [-0.25, -0.2) is 18.7 Å². The van der Waals surface area contributed by atoms with E-state index in [1.807, 2.05) is 10.7 Å². The number of amidine groups is 1. The molecule has 21 heteroatoms. The number of hydrogen-bond donors (Lipinski definition) is 3. The second-order valence-corrected chi connectivity index (χ2v) is 15.8. The van der Waals surface area contributed by atoms with E-state index in [-0.39, 0.29) is 45.4 Å². The summed E-state index contributed by atoms with van der Waals surface area (Å²) < 4.78 is 43.1. The van der Waals surface area contributed by atoms with Crippen molar-refractivity contribution < 1.29 is 18.3 Å². The van der Waals surface area contributed by atoms with Crippen molar-refractivity contribution in [1.29, 1.82) is 0 Å². The van der Waals surface area contributed by atoms with Crippen LogP contribution in [0.3, 0.4) is 0 Å². The number of nitrogens with one attached hydrogen (secondary N) is 1. The summed E-state index contributed by atoms with van der Waals surface area (Å²) in [7, 11) is 0. The lowest BCUT2D eigenvalue weighted by Crippen LogP contribution is -2.34. The van der Waals surface area contributed by atoms with Gasteiger partial charge in [0, 0.05) is 86.6 Å². The first kappa shape index (κ1) is 52.5. The third kappa shape index (κ3) is 12.7. The summed E-state index contributed by atoms with van der Waals surface area (Å²) in [5, 5.41) is 19.6. The highest BCUT2D eigenvalue weighted by molar-refractivity contribution is 9.11. The Morgan fingerprint density at radius 2 is 1.37 bits per heavy atom. The smallest absolute Gasteiger partial charge is 0.210 e. The van der Waals surface area contributed by atoms with Crippen molar-refractivity contribution in [1.82, 2.24) is 44.1 Å². The number of nitrogens with zero attached hydrogens (tertiary/aromatic N) is 10. The Labute approximate surface area is 394 Å². The van der Waals surface area contributed by atoms with Gasteiger partial charge in [0.2, 0.25) is 5.95 Å². The molecule has 338 valence electrons. The molecule has 0 spiro atoms. The number of aliphatic imine (C=N–C) groups is 1. The molecular formula is C41H55Br2ClF2N12O2S2. The van der Waals surface area contributed by atoms with E-state index in [4.69, 9.17) is 15.2 Å². The van der Waals surface area contributed by atoms with E-state index in [0.29, 0.717) is 42.5 Å². The minimum absolute atomic E-state index is 0. The zero-order valence-electron chi connectivity index (χ0n) is 33.2. The fourth-order valence-corrected chi connectivity index (χ4v) is 8.23. The quantitative estimate of drug-likeness (QED) is 0.0856. The van der Waals surface area contributed by atoms with Gasteiger partial charge >= 0.3 is 0 Å². The molecule has 14 nitrogen and oxygen atoms in total. The molecular weight excluding hydrogens is 990 g/mol. The maximum Gasteiger partial charge on any atom is 0.210 e. The number of halogens is 5. The molecule has 1 fully saturated rings. The van der Waals surface area contributed by atoms with E-state index in [9.17, 15) is 8.78 Å². The molecule has 1 saturated heterocycles. The predicted molar refractivity (Wildman–Crippen MR) is 258 cm³/mol. The summed E-state index contributed by atoms with van der Waals surface area (Å²) in [4.78, 5) is 15.5. The maximum atomic E-state index is 14.1. The van der Waals surface area contributed by atoms with Crippen LogP contribution >= 0.6 is 68.7 Å². The number of hydrogen-bond acceptors (Lipinski definition) is 14. The molecule has 4 aliphatic heterocycles. The molecule has 0 unspecified atom stereocenters. The van der Waals surface area contributed by atoms with Gasteiger partial charge in [-0.05, 0) is 87.9 Å². The molecule has 62 heavy (non-hydrogen) atoms. The van der Waals surface area contributed by atoms with Crippen molar-refractivity contribution in [3.63, 3.8) is 0 Å². The standard InChI is InChI=1S/C14H11BrFN5O.C9H10FNO.C9H16N2.C6H5BrN4S.CH4S.2CH4.ClH/c15-10-6-18-14(21-7-19-20-13(10)21)17-5-9-8-3-4-22-12(8)2-1-11(9)16;10-8-1-2-9-6(3-4-12-9)7(8)5-11;1-2-5-9-10-6-4-8-11(9)7-3-1;1-12-6-8-2-4(7)5-10-9-3-11(5)6;1-2;;;/h1-2,6-7H,3-5H2,(H,17,18);1-2H,3-5,11H2;1-8H2;2-3H,1H3;2H,1H3;2*1H4;1H. The molecule has 0 saturated carbocycles. The second kappa shape index (κ2) is 26.1. The third-order valence-corrected chi connectivity index (χ3v) is 11.6. The third-order valence-electron chi connectivity index (χ3n) is 9.81. The monoisotopic (exact) mass is 1040 g/mol. The summed E-state index contributed by atoms with van der Waals surface area (Å²) in [6, 6.07) is 6.19. The van der Waals surface area contributed by atoms with Crippen molar-refractivity contribution >= 4 is 91.7 Å². The second-order valence-electron chi connectivity index (χ2n) is 13.3.